The Hall–Kier alpha value is -1.74. The van der Waals surface area contributed by atoms with Crippen molar-refractivity contribution in [1.29, 1.82) is 0 Å². The lowest BCUT2D eigenvalue weighted by Gasteiger charge is -2.08. The summed E-state index contributed by atoms with van der Waals surface area (Å²) in [6, 6.07) is 8.19. The van der Waals surface area contributed by atoms with Gasteiger partial charge in [0.05, 0.1) is 19.9 Å². The lowest BCUT2D eigenvalue weighted by molar-refractivity contribution is 0.412. The van der Waals surface area contributed by atoms with Crippen molar-refractivity contribution in [2.75, 3.05) is 13.7 Å². The molecule has 0 aliphatic carbocycles. The summed E-state index contributed by atoms with van der Waals surface area (Å²) in [4.78, 5) is 0. The fraction of sp³-hybridized carbons (Fsp3) is 0.333. The molecule has 1 N–H and O–H groups in total. The maximum atomic E-state index is 5.52. The van der Waals surface area contributed by atoms with E-state index in [9.17, 15) is 0 Å². The van der Waals surface area contributed by atoms with E-state index < -0.39 is 0 Å². The van der Waals surface area contributed by atoms with Crippen LogP contribution in [0.5, 0.6) is 5.75 Å². The van der Waals surface area contributed by atoms with Crippen LogP contribution in [0.4, 0.5) is 0 Å². The van der Waals surface area contributed by atoms with Gasteiger partial charge < -0.3 is 14.5 Å². The van der Waals surface area contributed by atoms with E-state index in [1.807, 2.05) is 19.1 Å². The molecule has 0 aliphatic rings. The Balaban J connectivity index is 2.31. The normalized spacial score (nSPS) is 10.6. The second kappa shape index (κ2) is 5.74. The lowest BCUT2D eigenvalue weighted by Crippen LogP contribution is -2.11. The Morgan fingerprint density at radius 2 is 2.11 bits per heavy atom. The summed E-state index contributed by atoms with van der Waals surface area (Å²) >= 11 is 0. The molecule has 0 radical (unpaired) electrons. The van der Waals surface area contributed by atoms with Crippen molar-refractivity contribution in [1.82, 2.24) is 5.32 Å². The third-order valence-electron chi connectivity index (χ3n) is 2.99. The highest BCUT2D eigenvalue weighted by atomic mass is 16.5. The van der Waals surface area contributed by atoms with Crippen molar-refractivity contribution < 1.29 is 9.15 Å². The molecule has 0 unspecified atom stereocenters. The summed E-state index contributed by atoms with van der Waals surface area (Å²) < 4.78 is 10.8. The summed E-state index contributed by atoms with van der Waals surface area (Å²) in [6.45, 7) is 5.82. The molecule has 96 valence electrons. The molecule has 0 bridgehead atoms. The highest BCUT2D eigenvalue weighted by molar-refractivity contribution is 5.67. The van der Waals surface area contributed by atoms with Gasteiger partial charge in [-0.05, 0) is 42.8 Å². The molecule has 1 aromatic heterocycles. The van der Waals surface area contributed by atoms with Crippen molar-refractivity contribution >= 4 is 0 Å². The van der Waals surface area contributed by atoms with Crippen molar-refractivity contribution in [2.45, 2.75) is 20.4 Å². The molecule has 0 amide bonds. The number of ether oxygens (including phenoxy) is 1. The first-order chi connectivity index (χ1) is 8.76. The number of furan rings is 1. The predicted molar refractivity (Wildman–Crippen MR) is 72.8 cm³/mol. The van der Waals surface area contributed by atoms with E-state index in [1.165, 1.54) is 0 Å². The van der Waals surface area contributed by atoms with Gasteiger partial charge in [-0.1, -0.05) is 13.0 Å². The Morgan fingerprint density at radius 3 is 2.78 bits per heavy atom. The van der Waals surface area contributed by atoms with Crippen LogP contribution in [-0.2, 0) is 6.54 Å². The van der Waals surface area contributed by atoms with E-state index in [2.05, 4.69) is 24.4 Å². The first-order valence-corrected chi connectivity index (χ1v) is 6.18. The molecular weight excluding hydrogens is 226 g/mol. The smallest absolute Gasteiger partial charge is 0.125 e. The zero-order valence-corrected chi connectivity index (χ0v) is 11.1. The zero-order chi connectivity index (χ0) is 13.0. The SMILES string of the molecule is CCNCc1occc1-c1ccc(OC)c(C)c1. The molecule has 3 heteroatoms. The number of nitrogens with one attached hydrogen (secondary N) is 1. The van der Waals surface area contributed by atoms with Gasteiger partial charge >= 0.3 is 0 Å². The molecule has 0 aliphatic heterocycles. The Kier molecular flexibility index (Phi) is 4.05. The Labute approximate surface area is 108 Å². The first-order valence-electron chi connectivity index (χ1n) is 6.18. The quantitative estimate of drug-likeness (QED) is 0.877. The molecule has 0 spiro atoms. The van der Waals surface area contributed by atoms with Crippen LogP contribution in [0.1, 0.15) is 18.2 Å². The number of rotatable bonds is 5. The van der Waals surface area contributed by atoms with E-state index in [-0.39, 0.29) is 0 Å². The van der Waals surface area contributed by atoms with Crippen LogP contribution in [0.25, 0.3) is 11.1 Å². The van der Waals surface area contributed by atoms with Gasteiger partial charge in [0, 0.05) is 5.56 Å². The first kappa shape index (κ1) is 12.7. The minimum Gasteiger partial charge on any atom is -0.496 e. The van der Waals surface area contributed by atoms with E-state index >= 15 is 0 Å². The van der Waals surface area contributed by atoms with Crippen LogP contribution < -0.4 is 10.1 Å². The molecule has 2 aromatic rings. The molecule has 0 saturated heterocycles. The number of hydrogen-bond acceptors (Lipinski definition) is 3. The number of aryl methyl sites for hydroxylation is 1. The molecule has 0 saturated carbocycles. The summed E-state index contributed by atoms with van der Waals surface area (Å²) in [5, 5.41) is 3.28. The van der Waals surface area contributed by atoms with Crippen LogP contribution in [0.2, 0.25) is 0 Å². The summed E-state index contributed by atoms with van der Waals surface area (Å²) in [7, 11) is 1.69. The number of benzene rings is 1. The number of methoxy groups -OCH3 is 1. The molecule has 1 aromatic carbocycles. The third-order valence-corrected chi connectivity index (χ3v) is 2.99. The predicted octanol–water partition coefficient (Wildman–Crippen LogP) is 3.37. The van der Waals surface area contributed by atoms with Gasteiger partial charge in [0.25, 0.3) is 0 Å². The minimum atomic E-state index is 0.754. The van der Waals surface area contributed by atoms with Gasteiger partial charge in [-0.25, -0.2) is 0 Å². The zero-order valence-electron chi connectivity index (χ0n) is 11.1. The van der Waals surface area contributed by atoms with Gasteiger partial charge in [0.15, 0.2) is 0 Å². The van der Waals surface area contributed by atoms with E-state index in [0.29, 0.717) is 0 Å². The average molecular weight is 245 g/mol. The fourth-order valence-electron chi connectivity index (χ4n) is 2.02. The van der Waals surface area contributed by atoms with Gasteiger partial charge in [-0.2, -0.15) is 0 Å². The van der Waals surface area contributed by atoms with Crippen molar-refractivity contribution in [2.24, 2.45) is 0 Å². The molecular formula is C15H19NO2. The van der Waals surface area contributed by atoms with Crippen LogP contribution >= 0.6 is 0 Å². The van der Waals surface area contributed by atoms with Crippen LogP contribution in [-0.4, -0.2) is 13.7 Å². The molecule has 0 fully saturated rings. The Morgan fingerprint density at radius 1 is 1.28 bits per heavy atom. The van der Waals surface area contributed by atoms with Gasteiger partial charge in [0.1, 0.15) is 11.5 Å². The Bertz CT molecular complexity index is 517. The lowest BCUT2D eigenvalue weighted by atomic mass is 10.0. The second-order valence-electron chi connectivity index (χ2n) is 4.22. The molecule has 18 heavy (non-hydrogen) atoms. The van der Waals surface area contributed by atoms with Crippen LogP contribution in [0.15, 0.2) is 34.9 Å². The topological polar surface area (TPSA) is 34.4 Å². The molecule has 0 atom stereocenters. The van der Waals surface area contributed by atoms with Crippen molar-refractivity contribution in [3.05, 3.63) is 41.9 Å². The maximum Gasteiger partial charge on any atom is 0.125 e. The summed E-state index contributed by atoms with van der Waals surface area (Å²) in [5.41, 5.74) is 3.43. The highest BCUT2D eigenvalue weighted by Gasteiger charge is 2.09. The largest absolute Gasteiger partial charge is 0.496 e. The second-order valence-corrected chi connectivity index (χ2v) is 4.22. The van der Waals surface area contributed by atoms with E-state index in [0.717, 1.165) is 41.3 Å². The van der Waals surface area contributed by atoms with Crippen LogP contribution in [0, 0.1) is 6.92 Å². The molecule has 1 heterocycles. The van der Waals surface area contributed by atoms with Crippen LogP contribution in [0.3, 0.4) is 0 Å². The van der Waals surface area contributed by atoms with Crippen molar-refractivity contribution in [3.8, 4) is 16.9 Å². The van der Waals surface area contributed by atoms with Gasteiger partial charge in [0.2, 0.25) is 0 Å². The minimum absolute atomic E-state index is 0.754. The van der Waals surface area contributed by atoms with E-state index in [1.54, 1.807) is 13.4 Å². The third kappa shape index (κ3) is 2.57. The van der Waals surface area contributed by atoms with E-state index in [4.69, 9.17) is 9.15 Å². The average Bonchev–Trinajstić information content (AvgIpc) is 2.84. The fourth-order valence-corrected chi connectivity index (χ4v) is 2.02. The number of hydrogen-bond donors (Lipinski definition) is 1. The summed E-state index contributed by atoms with van der Waals surface area (Å²) in [5.74, 6) is 1.89. The summed E-state index contributed by atoms with van der Waals surface area (Å²) in [6.07, 6.45) is 1.74. The molecule has 2 rings (SSSR count). The maximum absolute atomic E-state index is 5.52. The van der Waals surface area contributed by atoms with Gasteiger partial charge in [-0.15, -0.1) is 0 Å². The highest BCUT2D eigenvalue weighted by Crippen LogP contribution is 2.29. The van der Waals surface area contributed by atoms with Gasteiger partial charge in [-0.3, -0.25) is 0 Å². The standard InChI is InChI=1S/C15H19NO2/c1-4-16-10-15-13(7-8-18-15)12-5-6-14(17-3)11(2)9-12/h5-9,16H,4,10H2,1-3H3. The monoisotopic (exact) mass is 245 g/mol. The van der Waals surface area contributed by atoms with Crippen molar-refractivity contribution in [3.63, 3.8) is 0 Å². The molecule has 3 nitrogen and oxygen atoms in total.